The summed E-state index contributed by atoms with van der Waals surface area (Å²) in [6.45, 7) is 4.47. The minimum absolute atomic E-state index is 0.0903. The van der Waals surface area contributed by atoms with Gasteiger partial charge in [0.1, 0.15) is 0 Å². The van der Waals surface area contributed by atoms with Gasteiger partial charge in [0.2, 0.25) is 5.91 Å². The molecule has 64 valence electrons. The first kappa shape index (κ1) is 9.21. The van der Waals surface area contributed by atoms with Crippen LogP contribution < -0.4 is 8.85 Å². The van der Waals surface area contributed by atoms with E-state index in [0.717, 1.165) is 26.2 Å². The molecule has 0 aromatic rings. The number of carbonyl (C=O) groups is 1. The summed E-state index contributed by atoms with van der Waals surface area (Å²) in [6.07, 6.45) is 0. The number of carbonyl (C=O) groups excluding carboxylic acids is 1. The van der Waals surface area contributed by atoms with E-state index in [9.17, 15) is 4.79 Å². The fourth-order valence-electron chi connectivity index (χ4n) is 1.10. The fourth-order valence-corrected chi connectivity index (χ4v) is 1.27. The van der Waals surface area contributed by atoms with Gasteiger partial charge in [-0.2, -0.15) is 0 Å². The summed E-state index contributed by atoms with van der Waals surface area (Å²) < 4.78 is 2.58. The minimum atomic E-state index is 0.0903. The van der Waals surface area contributed by atoms with Crippen LogP contribution in [0.25, 0.3) is 0 Å². The van der Waals surface area contributed by atoms with Gasteiger partial charge < -0.3 is 5.32 Å². The molecule has 0 bridgehead atoms. The van der Waals surface area contributed by atoms with E-state index in [1.807, 2.05) is 22.9 Å². The normalized spacial score (nSPS) is 19.7. The Morgan fingerprint density at radius 2 is 2.18 bits per heavy atom. The lowest BCUT2D eigenvalue weighted by Crippen LogP contribution is -2.46. The van der Waals surface area contributed by atoms with Gasteiger partial charge in [0, 0.05) is 26.2 Å². The maximum atomic E-state index is 10.9. The van der Waals surface area contributed by atoms with Gasteiger partial charge in [-0.3, -0.25) is 13.2 Å². The van der Waals surface area contributed by atoms with Crippen LogP contribution in [0.3, 0.4) is 0 Å². The predicted molar refractivity (Wildman–Crippen MR) is 51.5 cm³/mol. The van der Waals surface area contributed by atoms with Crippen molar-refractivity contribution in [3.05, 3.63) is 0 Å². The zero-order chi connectivity index (χ0) is 8.10. The summed E-state index contributed by atoms with van der Waals surface area (Å²) in [5.74, 6) is 0.0903. The molecule has 1 amide bonds. The molecule has 11 heavy (non-hydrogen) atoms. The van der Waals surface area contributed by atoms with Crippen molar-refractivity contribution >= 4 is 28.8 Å². The molecule has 0 aromatic carbocycles. The van der Waals surface area contributed by atoms with Gasteiger partial charge in [-0.05, 0) is 0 Å². The Hall–Kier alpha value is 0.120. The predicted octanol–water partition coefficient (Wildman–Crippen LogP) is -0.642. The fraction of sp³-hybridized carbons (Fsp3) is 0.833. The number of nitrogens with zero attached hydrogens (tertiary/aromatic N) is 1. The van der Waals surface area contributed by atoms with Crippen LogP contribution in [0.15, 0.2) is 0 Å². The summed E-state index contributed by atoms with van der Waals surface area (Å²) in [4.78, 5) is 13.0. The summed E-state index contributed by atoms with van der Waals surface area (Å²) in [5, 5.41) is 3.23. The topological polar surface area (TPSA) is 44.4 Å². The quantitative estimate of drug-likeness (QED) is 0.517. The highest BCUT2D eigenvalue weighted by atomic mass is 127. The van der Waals surface area contributed by atoms with Crippen molar-refractivity contribution in [2.75, 3.05) is 32.7 Å². The standard InChI is InChI=1S/C6H12IN3O/c7-9-6(11)5-10-3-1-8-2-4-10/h8H,1-5H2,(H,9,11). The van der Waals surface area contributed by atoms with E-state index >= 15 is 0 Å². The van der Waals surface area contributed by atoms with Gasteiger partial charge in [0.15, 0.2) is 0 Å². The van der Waals surface area contributed by atoms with Crippen LogP contribution >= 0.6 is 22.9 Å². The van der Waals surface area contributed by atoms with Gasteiger partial charge >= 0.3 is 0 Å². The monoisotopic (exact) mass is 269 g/mol. The minimum Gasteiger partial charge on any atom is -0.314 e. The molecule has 1 aliphatic heterocycles. The average molecular weight is 269 g/mol. The molecule has 0 spiro atoms. The van der Waals surface area contributed by atoms with E-state index < -0.39 is 0 Å². The molecule has 0 atom stereocenters. The Labute approximate surface area is 80.2 Å². The Balaban J connectivity index is 2.19. The Bertz CT molecular complexity index is 136. The number of amides is 1. The van der Waals surface area contributed by atoms with Crippen molar-refractivity contribution in [3.8, 4) is 0 Å². The number of hydrogen-bond donors (Lipinski definition) is 2. The van der Waals surface area contributed by atoms with Crippen LogP contribution in [0.5, 0.6) is 0 Å². The van der Waals surface area contributed by atoms with Crippen LogP contribution in [0.1, 0.15) is 0 Å². The van der Waals surface area contributed by atoms with Crippen LogP contribution in [0.2, 0.25) is 0 Å². The second kappa shape index (κ2) is 4.89. The van der Waals surface area contributed by atoms with Crippen LogP contribution in [0, 0.1) is 0 Å². The van der Waals surface area contributed by atoms with Crippen molar-refractivity contribution in [2.45, 2.75) is 0 Å². The Kier molecular flexibility index (Phi) is 4.09. The van der Waals surface area contributed by atoms with E-state index in [1.165, 1.54) is 0 Å². The molecule has 0 radical (unpaired) electrons. The van der Waals surface area contributed by atoms with Gasteiger partial charge in [-0.15, -0.1) is 0 Å². The smallest absolute Gasteiger partial charge is 0.242 e. The zero-order valence-electron chi connectivity index (χ0n) is 6.27. The third-order valence-electron chi connectivity index (χ3n) is 1.68. The molecule has 0 aromatic heterocycles. The average Bonchev–Trinajstić information content (AvgIpc) is 2.06. The van der Waals surface area contributed by atoms with Crippen LogP contribution in [-0.2, 0) is 4.79 Å². The van der Waals surface area contributed by atoms with E-state index in [-0.39, 0.29) is 5.91 Å². The molecule has 0 unspecified atom stereocenters. The lowest BCUT2D eigenvalue weighted by molar-refractivity contribution is -0.120. The molecular formula is C6H12IN3O. The van der Waals surface area contributed by atoms with E-state index in [0.29, 0.717) is 6.54 Å². The first-order chi connectivity index (χ1) is 5.33. The molecule has 4 nitrogen and oxygen atoms in total. The maximum absolute atomic E-state index is 10.9. The van der Waals surface area contributed by atoms with Gasteiger partial charge in [-0.1, -0.05) is 0 Å². The second-order valence-electron chi connectivity index (χ2n) is 2.54. The molecule has 1 rings (SSSR count). The lowest BCUT2D eigenvalue weighted by atomic mass is 10.3. The molecule has 1 heterocycles. The lowest BCUT2D eigenvalue weighted by Gasteiger charge is -2.25. The van der Waals surface area contributed by atoms with Crippen LogP contribution in [0.4, 0.5) is 0 Å². The molecule has 1 aliphatic rings. The first-order valence-electron chi connectivity index (χ1n) is 3.65. The Morgan fingerprint density at radius 3 is 2.73 bits per heavy atom. The number of rotatable bonds is 2. The summed E-state index contributed by atoms with van der Waals surface area (Å²) in [7, 11) is 0. The second-order valence-corrected chi connectivity index (χ2v) is 3.08. The van der Waals surface area contributed by atoms with Gasteiger partial charge in [0.25, 0.3) is 0 Å². The zero-order valence-corrected chi connectivity index (χ0v) is 8.43. The number of nitrogens with one attached hydrogen (secondary N) is 2. The first-order valence-corrected chi connectivity index (χ1v) is 4.73. The highest BCUT2D eigenvalue weighted by Crippen LogP contribution is 1.91. The van der Waals surface area contributed by atoms with Crippen molar-refractivity contribution in [1.82, 2.24) is 13.7 Å². The van der Waals surface area contributed by atoms with Crippen molar-refractivity contribution in [2.24, 2.45) is 0 Å². The SMILES string of the molecule is O=C(CN1CCNCC1)NI. The van der Waals surface area contributed by atoms with Crippen molar-refractivity contribution in [3.63, 3.8) is 0 Å². The largest absolute Gasteiger partial charge is 0.314 e. The number of hydrogen-bond acceptors (Lipinski definition) is 3. The van der Waals surface area contributed by atoms with Crippen molar-refractivity contribution in [1.29, 1.82) is 0 Å². The summed E-state index contributed by atoms with van der Waals surface area (Å²) >= 11 is 1.87. The molecule has 0 saturated carbocycles. The van der Waals surface area contributed by atoms with E-state index in [4.69, 9.17) is 0 Å². The maximum Gasteiger partial charge on any atom is 0.242 e. The van der Waals surface area contributed by atoms with Gasteiger partial charge in [-0.25, -0.2) is 0 Å². The number of piperazine rings is 1. The molecular weight excluding hydrogens is 257 g/mol. The number of halogens is 1. The molecule has 5 heteroatoms. The van der Waals surface area contributed by atoms with Crippen molar-refractivity contribution < 1.29 is 4.79 Å². The summed E-state index contributed by atoms with van der Waals surface area (Å²) in [6, 6.07) is 0. The molecule has 1 fully saturated rings. The molecule has 0 aliphatic carbocycles. The van der Waals surface area contributed by atoms with Gasteiger partial charge in [0.05, 0.1) is 29.4 Å². The third-order valence-corrected chi connectivity index (χ3v) is 2.28. The van der Waals surface area contributed by atoms with E-state index in [2.05, 4.69) is 13.7 Å². The van der Waals surface area contributed by atoms with E-state index in [1.54, 1.807) is 0 Å². The molecule has 2 N–H and O–H groups in total. The summed E-state index contributed by atoms with van der Waals surface area (Å²) in [5.41, 5.74) is 0. The highest BCUT2D eigenvalue weighted by Gasteiger charge is 2.11. The Morgan fingerprint density at radius 1 is 1.55 bits per heavy atom. The molecule has 1 saturated heterocycles. The highest BCUT2D eigenvalue weighted by molar-refractivity contribution is 14.1. The third kappa shape index (κ3) is 3.35. The van der Waals surface area contributed by atoms with Crippen LogP contribution in [-0.4, -0.2) is 43.5 Å².